The number of rotatable bonds is 3. The van der Waals surface area contributed by atoms with Crippen molar-refractivity contribution in [1.29, 1.82) is 0 Å². The second-order valence-corrected chi connectivity index (χ2v) is 5.12. The molecule has 1 N–H and O–H groups in total. The maximum absolute atomic E-state index is 12.0. The SMILES string of the molecule is O=C(c1ccccc1)c1ccc(S(=O)(=O)O)cc1. The van der Waals surface area contributed by atoms with Gasteiger partial charge in [-0.1, -0.05) is 30.3 Å². The first-order valence-electron chi connectivity index (χ1n) is 5.16. The fourth-order valence-corrected chi connectivity index (χ4v) is 2.01. The van der Waals surface area contributed by atoms with Gasteiger partial charge in [0.05, 0.1) is 4.90 Å². The predicted molar refractivity (Wildman–Crippen MR) is 66.1 cm³/mol. The third kappa shape index (κ3) is 2.64. The molecule has 0 fully saturated rings. The van der Waals surface area contributed by atoms with E-state index >= 15 is 0 Å². The van der Waals surface area contributed by atoms with Crippen LogP contribution < -0.4 is 0 Å². The summed E-state index contributed by atoms with van der Waals surface area (Å²) in [6.45, 7) is 0. The van der Waals surface area contributed by atoms with Crippen LogP contribution >= 0.6 is 0 Å². The van der Waals surface area contributed by atoms with E-state index in [0.29, 0.717) is 11.1 Å². The Balaban J connectivity index is 2.34. The highest BCUT2D eigenvalue weighted by Gasteiger charge is 2.12. The fraction of sp³-hybridized carbons (Fsp3) is 0. The van der Waals surface area contributed by atoms with E-state index in [1.807, 2.05) is 0 Å². The van der Waals surface area contributed by atoms with Crippen molar-refractivity contribution >= 4 is 15.9 Å². The summed E-state index contributed by atoms with van der Waals surface area (Å²) < 4.78 is 30.5. The molecule has 0 saturated carbocycles. The van der Waals surface area contributed by atoms with Gasteiger partial charge >= 0.3 is 0 Å². The van der Waals surface area contributed by atoms with Gasteiger partial charge in [-0.3, -0.25) is 9.35 Å². The molecule has 92 valence electrons. The van der Waals surface area contributed by atoms with E-state index in [2.05, 4.69) is 0 Å². The molecule has 0 spiro atoms. The first kappa shape index (κ1) is 12.5. The molecule has 0 aliphatic carbocycles. The molecule has 2 aromatic rings. The van der Waals surface area contributed by atoms with Crippen LogP contribution in [0.15, 0.2) is 59.5 Å². The number of carbonyl (C=O) groups is 1. The number of benzene rings is 2. The zero-order valence-corrected chi connectivity index (χ0v) is 10.1. The zero-order valence-electron chi connectivity index (χ0n) is 9.28. The lowest BCUT2D eigenvalue weighted by atomic mass is 10.0. The molecular formula is C13H10O4S. The van der Waals surface area contributed by atoms with E-state index in [0.717, 1.165) is 0 Å². The van der Waals surface area contributed by atoms with Gasteiger partial charge in [0.2, 0.25) is 0 Å². The van der Waals surface area contributed by atoms with Crippen molar-refractivity contribution in [3.05, 3.63) is 65.7 Å². The molecule has 2 rings (SSSR count). The Kier molecular flexibility index (Phi) is 3.27. The summed E-state index contributed by atoms with van der Waals surface area (Å²) >= 11 is 0. The maximum atomic E-state index is 12.0. The van der Waals surface area contributed by atoms with Crippen molar-refractivity contribution < 1.29 is 17.8 Å². The van der Waals surface area contributed by atoms with Gasteiger partial charge < -0.3 is 0 Å². The minimum Gasteiger partial charge on any atom is -0.289 e. The van der Waals surface area contributed by atoms with E-state index < -0.39 is 10.1 Å². The quantitative estimate of drug-likeness (QED) is 0.679. The highest BCUT2D eigenvalue weighted by atomic mass is 32.2. The minimum absolute atomic E-state index is 0.197. The molecular weight excluding hydrogens is 252 g/mol. The van der Waals surface area contributed by atoms with Crippen molar-refractivity contribution in [2.24, 2.45) is 0 Å². The van der Waals surface area contributed by atoms with Crippen LogP contribution in [0, 0.1) is 0 Å². The predicted octanol–water partition coefficient (Wildman–Crippen LogP) is 2.16. The van der Waals surface area contributed by atoms with Crippen LogP contribution in [0.1, 0.15) is 15.9 Å². The Morgan fingerprint density at radius 3 is 1.83 bits per heavy atom. The Labute approximate surface area is 105 Å². The van der Waals surface area contributed by atoms with Gasteiger partial charge in [0.25, 0.3) is 10.1 Å². The minimum atomic E-state index is -4.22. The van der Waals surface area contributed by atoms with Crippen molar-refractivity contribution in [2.75, 3.05) is 0 Å². The fourth-order valence-electron chi connectivity index (χ4n) is 1.53. The van der Waals surface area contributed by atoms with Crippen LogP contribution in [0.5, 0.6) is 0 Å². The van der Waals surface area contributed by atoms with E-state index in [-0.39, 0.29) is 10.7 Å². The lowest BCUT2D eigenvalue weighted by molar-refractivity contribution is 0.103. The molecule has 0 aliphatic heterocycles. The first-order valence-corrected chi connectivity index (χ1v) is 6.60. The molecule has 0 aromatic heterocycles. The molecule has 0 aliphatic rings. The summed E-state index contributed by atoms with van der Waals surface area (Å²) in [7, 11) is -4.22. The molecule has 5 heteroatoms. The second kappa shape index (κ2) is 4.72. The van der Waals surface area contributed by atoms with E-state index in [1.165, 1.54) is 24.3 Å². The van der Waals surface area contributed by atoms with E-state index in [4.69, 9.17) is 4.55 Å². The van der Waals surface area contributed by atoms with Gasteiger partial charge in [-0.15, -0.1) is 0 Å². The smallest absolute Gasteiger partial charge is 0.289 e. The summed E-state index contributed by atoms with van der Waals surface area (Å²) in [5.41, 5.74) is 0.894. The standard InChI is InChI=1S/C13H10O4S/c14-13(10-4-2-1-3-5-10)11-6-8-12(9-7-11)18(15,16)17/h1-9H,(H,15,16,17). The Morgan fingerprint density at radius 2 is 1.33 bits per heavy atom. The zero-order chi connectivity index (χ0) is 13.2. The lowest BCUT2D eigenvalue weighted by Gasteiger charge is -2.02. The summed E-state index contributed by atoms with van der Waals surface area (Å²) in [4.78, 5) is 11.8. The van der Waals surface area contributed by atoms with Gasteiger partial charge in [0.15, 0.2) is 5.78 Å². The molecule has 0 atom stereocenters. The molecule has 0 radical (unpaired) electrons. The Morgan fingerprint density at radius 1 is 0.833 bits per heavy atom. The topological polar surface area (TPSA) is 71.4 Å². The molecule has 2 aromatic carbocycles. The number of ketones is 1. The summed E-state index contributed by atoms with van der Waals surface area (Å²) in [5.74, 6) is -0.197. The molecule has 0 amide bonds. The molecule has 0 unspecified atom stereocenters. The number of carbonyl (C=O) groups excluding carboxylic acids is 1. The van der Waals surface area contributed by atoms with Crippen LogP contribution in [0.3, 0.4) is 0 Å². The monoisotopic (exact) mass is 262 g/mol. The average molecular weight is 262 g/mol. The Hall–Kier alpha value is -1.98. The normalized spacial score (nSPS) is 11.2. The van der Waals surface area contributed by atoms with Crippen LogP contribution in [0.2, 0.25) is 0 Å². The molecule has 0 saturated heterocycles. The Bertz CT molecular complexity index is 658. The second-order valence-electron chi connectivity index (χ2n) is 3.69. The first-order chi connectivity index (χ1) is 8.48. The van der Waals surface area contributed by atoms with Crippen LogP contribution in [-0.2, 0) is 10.1 Å². The summed E-state index contributed by atoms with van der Waals surface area (Å²) in [6, 6.07) is 13.8. The number of hydrogen-bond donors (Lipinski definition) is 1. The van der Waals surface area contributed by atoms with Gasteiger partial charge in [-0.25, -0.2) is 0 Å². The molecule has 18 heavy (non-hydrogen) atoms. The maximum Gasteiger partial charge on any atom is 0.294 e. The molecule has 0 heterocycles. The van der Waals surface area contributed by atoms with Crippen molar-refractivity contribution in [2.45, 2.75) is 4.90 Å². The molecule has 4 nitrogen and oxygen atoms in total. The van der Waals surface area contributed by atoms with Crippen molar-refractivity contribution in [3.8, 4) is 0 Å². The lowest BCUT2D eigenvalue weighted by Crippen LogP contribution is -2.02. The third-order valence-corrected chi connectivity index (χ3v) is 3.32. The van der Waals surface area contributed by atoms with Gasteiger partial charge in [-0.2, -0.15) is 8.42 Å². The third-order valence-electron chi connectivity index (χ3n) is 2.45. The van der Waals surface area contributed by atoms with Gasteiger partial charge in [0, 0.05) is 11.1 Å². The summed E-state index contributed by atoms with van der Waals surface area (Å²) in [5, 5.41) is 0. The average Bonchev–Trinajstić information content (AvgIpc) is 2.38. The van der Waals surface area contributed by atoms with Crippen molar-refractivity contribution in [1.82, 2.24) is 0 Å². The van der Waals surface area contributed by atoms with Crippen LogP contribution in [0.25, 0.3) is 0 Å². The van der Waals surface area contributed by atoms with Gasteiger partial charge in [-0.05, 0) is 24.3 Å². The summed E-state index contributed by atoms with van der Waals surface area (Å²) in [6.07, 6.45) is 0. The van der Waals surface area contributed by atoms with Crippen LogP contribution in [0.4, 0.5) is 0 Å². The molecule has 0 bridgehead atoms. The van der Waals surface area contributed by atoms with Gasteiger partial charge in [0.1, 0.15) is 0 Å². The van der Waals surface area contributed by atoms with Crippen LogP contribution in [-0.4, -0.2) is 18.8 Å². The van der Waals surface area contributed by atoms with E-state index in [9.17, 15) is 13.2 Å². The van der Waals surface area contributed by atoms with E-state index in [1.54, 1.807) is 30.3 Å². The van der Waals surface area contributed by atoms with Crippen molar-refractivity contribution in [3.63, 3.8) is 0 Å². The highest BCUT2D eigenvalue weighted by molar-refractivity contribution is 7.85. The highest BCUT2D eigenvalue weighted by Crippen LogP contribution is 2.13. The number of hydrogen-bond acceptors (Lipinski definition) is 3. The largest absolute Gasteiger partial charge is 0.294 e.